The van der Waals surface area contributed by atoms with Gasteiger partial charge in [0.25, 0.3) is 0 Å². The minimum atomic E-state index is -0.111. The lowest BCUT2D eigenvalue weighted by Gasteiger charge is -2.38. The molecule has 1 aromatic heterocycles. The van der Waals surface area contributed by atoms with Crippen molar-refractivity contribution in [3.63, 3.8) is 0 Å². The van der Waals surface area contributed by atoms with Crippen molar-refractivity contribution in [1.82, 2.24) is 4.98 Å². The molecule has 0 aliphatic carbocycles. The largest absolute Gasteiger partial charge is 0.493 e. The van der Waals surface area contributed by atoms with E-state index in [1.165, 1.54) is 5.56 Å². The van der Waals surface area contributed by atoms with Crippen LogP contribution in [0.5, 0.6) is 5.75 Å². The molecule has 2 aromatic rings. The topological polar surface area (TPSA) is 48.1 Å². The lowest BCUT2D eigenvalue weighted by molar-refractivity contribution is 0.215. The van der Waals surface area contributed by atoms with E-state index in [1.54, 1.807) is 12.4 Å². The highest BCUT2D eigenvalue weighted by molar-refractivity contribution is 6.31. The van der Waals surface area contributed by atoms with Crippen LogP contribution < -0.4 is 10.5 Å². The van der Waals surface area contributed by atoms with Crippen LogP contribution in [0.1, 0.15) is 17.5 Å². The first-order valence-electron chi connectivity index (χ1n) is 6.76. The Morgan fingerprint density at radius 1 is 1.30 bits per heavy atom. The van der Waals surface area contributed by atoms with Gasteiger partial charge in [0.2, 0.25) is 0 Å². The number of fused-ring (bicyclic) bond motifs is 1. The molecular weight excluding hydrogens is 272 g/mol. The molecular formula is C16H17ClN2O. The minimum Gasteiger partial charge on any atom is -0.493 e. The summed E-state index contributed by atoms with van der Waals surface area (Å²) < 4.78 is 5.75. The molecule has 0 saturated heterocycles. The van der Waals surface area contributed by atoms with E-state index in [0.29, 0.717) is 18.2 Å². The molecule has 0 bridgehead atoms. The summed E-state index contributed by atoms with van der Waals surface area (Å²) in [7, 11) is 0. The van der Waals surface area contributed by atoms with E-state index in [9.17, 15) is 0 Å². The SMILES string of the molecule is NCC1(Cc2ccncc2Cl)CCOc2ccccc21. The predicted molar refractivity (Wildman–Crippen MR) is 80.2 cm³/mol. The second-order valence-electron chi connectivity index (χ2n) is 5.22. The lowest BCUT2D eigenvalue weighted by atomic mass is 9.72. The highest BCUT2D eigenvalue weighted by Crippen LogP contribution is 2.41. The summed E-state index contributed by atoms with van der Waals surface area (Å²) in [5.41, 5.74) is 8.29. The first kappa shape index (κ1) is 13.4. The van der Waals surface area contributed by atoms with Gasteiger partial charge in [0.1, 0.15) is 5.75 Å². The predicted octanol–water partition coefficient (Wildman–Crippen LogP) is 2.96. The van der Waals surface area contributed by atoms with E-state index in [1.807, 2.05) is 24.3 Å². The zero-order valence-electron chi connectivity index (χ0n) is 11.2. The van der Waals surface area contributed by atoms with Gasteiger partial charge in [0.05, 0.1) is 11.6 Å². The number of nitrogens with two attached hydrogens (primary N) is 1. The number of hydrogen-bond donors (Lipinski definition) is 1. The van der Waals surface area contributed by atoms with E-state index < -0.39 is 0 Å². The number of rotatable bonds is 3. The molecule has 1 unspecified atom stereocenters. The van der Waals surface area contributed by atoms with Gasteiger partial charge in [0, 0.05) is 29.9 Å². The van der Waals surface area contributed by atoms with Gasteiger partial charge < -0.3 is 10.5 Å². The van der Waals surface area contributed by atoms with Gasteiger partial charge in [-0.15, -0.1) is 0 Å². The van der Waals surface area contributed by atoms with Gasteiger partial charge in [-0.3, -0.25) is 4.98 Å². The monoisotopic (exact) mass is 288 g/mol. The summed E-state index contributed by atoms with van der Waals surface area (Å²) in [6.45, 7) is 1.27. The van der Waals surface area contributed by atoms with Crippen LogP contribution >= 0.6 is 11.6 Å². The van der Waals surface area contributed by atoms with E-state index in [4.69, 9.17) is 22.1 Å². The van der Waals surface area contributed by atoms with Gasteiger partial charge >= 0.3 is 0 Å². The zero-order valence-corrected chi connectivity index (χ0v) is 11.9. The third kappa shape index (κ3) is 2.28. The molecule has 3 rings (SSSR count). The average molecular weight is 289 g/mol. The molecule has 2 N–H and O–H groups in total. The lowest BCUT2D eigenvalue weighted by Crippen LogP contribution is -2.41. The van der Waals surface area contributed by atoms with E-state index in [2.05, 4.69) is 11.1 Å². The number of ether oxygens (including phenoxy) is 1. The van der Waals surface area contributed by atoms with Crippen molar-refractivity contribution in [2.24, 2.45) is 5.73 Å². The molecule has 104 valence electrons. The second kappa shape index (κ2) is 5.43. The molecule has 1 aliphatic rings. The van der Waals surface area contributed by atoms with Crippen molar-refractivity contribution < 1.29 is 4.74 Å². The molecule has 3 nitrogen and oxygen atoms in total. The van der Waals surface area contributed by atoms with Crippen molar-refractivity contribution in [3.05, 3.63) is 58.9 Å². The molecule has 2 heterocycles. The molecule has 0 amide bonds. The minimum absolute atomic E-state index is 0.111. The van der Waals surface area contributed by atoms with Gasteiger partial charge in [-0.05, 0) is 30.5 Å². The Bertz CT molecular complexity index is 617. The van der Waals surface area contributed by atoms with Crippen molar-refractivity contribution in [3.8, 4) is 5.75 Å². The van der Waals surface area contributed by atoms with E-state index >= 15 is 0 Å². The van der Waals surface area contributed by atoms with Crippen molar-refractivity contribution in [2.75, 3.05) is 13.2 Å². The Morgan fingerprint density at radius 3 is 2.95 bits per heavy atom. The number of hydrogen-bond acceptors (Lipinski definition) is 3. The third-order valence-corrected chi connectivity index (χ3v) is 4.41. The summed E-state index contributed by atoms with van der Waals surface area (Å²) in [6, 6.07) is 10.1. The molecule has 0 saturated carbocycles. The third-order valence-electron chi connectivity index (χ3n) is 4.07. The fraction of sp³-hybridized carbons (Fsp3) is 0.312. The molecule has 0 radical (unpaired) electrons. The van der Waals surface area contributed by atoms with Crippen molar-refractivity contribution in [1.29, 1.82) is 0 Å². The molecule has 1 aromatic carbocycles. The van der Waals surface area contributed by atoms with Crippen LogP contribution in [-0.2, 0) is 11.8 Å². The molecule has 0 spiro atoms. The maximum absolute atomic E-state index is 6.25. The van der Waals surface area contributed by atoms with Crippen LogP contribution in [0.3, 0.4) is 0 Å². The molecule has 0 fully saturated rings. The highest BCUT2D eigenvalue weighted by atomic mass is 35.5. The first-order chi connectivity index (χ1) is 9.75. The fourth-order valence-electron chi connectivity index (χ4n) is 2.90. The Morgan fingerprint density at radius 2 is 2.15 bits per heavy atom. The number of para-hydroxylation sites is 1. The number of pyridine rings is 1. The van der Waals surface area contributed by atoms with Crippen LogP contribution in [0, 0.1) is 0 Å². The van der Waals surface area contributed by atoms with Gasteiger partial charge in [-0.1, -0.05) is 29.8 Å². The van der Waals surface area contributed by atoms with Crippen LogP contribution in [0.15, 0.2) is 42.7 Å². The average Bonchev–Trinajstić information content (AvgIpc) is 2.50. The second-order valence-corrected chi connectivity index (χ2v) is 5.63. The maximum Gasteiger partial charge on any atom is 0.123 e. The number of halogens is 1. The molecule has 1 atom stereocenters. The van der Waals surface area contributed by atoms with E-state index in [0.717, 1.165) is 24.2 Å². The van der Waals surface area contributed by atoms with Crippen LogP contribution in [0.25, 0.3) is 0 Å². The highest BCUT2D eigenvalue weighted by Gasteiger charge is 2.37. The zero-order chi connectivity index (χ0) is 14.0. The standard InChI is InChI=1S/C16H17ClN2O/c17-14-10-19-7-5-12(14)9-16(11-18)6-8-20-15-4-2-1-3-13(15)16/h1-5,7,10H,6,8-9,11,18H2. The molecule has 4 heteroatoms. The molecule has 20 heavy (non-hydrogen) atoms. The van der Waals surface area contributed by atoms with Crippen molar-refractivity contribution >= 4 is 11.6 Å². The summed E-state index contributed by atoms with van der Waals surface area (Å²) in [6.07, 6.45) is 5.17. The van der Waals surface area contributed by atoms with Crippen LogP contribution in [0.4, 0.5) is 0 Å². The van der Waals surface area contributed by atoms with Gasteiger partial charge in [0.15, 0.2) is 0 Å². The van der Waals surface area contributed by atoms with Gasteiger partial charge in [-0.2, -0.15) is 0 Å². The molecule has 1 aliphatic heterocycles. The quantitative estimate of drug-likeness (QED) is 0.944. The maximum atomic E-state index is 6.25. The Balaban J connectivity index is 2.03. The summed E-state index contributed by atoms with van der Waals surface area (Å²) in [5, 5.41) is 0.698. The normalized spacial score (nSPS) is 21.1. The first-order valence-corrected chi connectivity index (χ1v) is 7.14. The number of nitrogens with zero attached hydrogens (tertiary/aromatic N) is 1. The van der Waals surface area contributed by atoms with Crippen LogP contribution in [-0.4, -0.2) is 18.1 Å². The van der Waals surface area contributed by atoms with Crippen molar-refractivity contribution in [2.45, 2.75) is 18.3 Å². The smallest absolute Gasteiger partial charge is 0.123 e. The number of aromatic nitrogens is 1. The van der Waals surface area contributed by atoms with Gasteiger partial charge in [-0.25, -0.2) is 0 Å². The summed E-state index contributed by atoms with van der Waals surface area (Å²) in [4.78, 5) is 4.04. The Labute approximate surface area is 123 Å². The summed E-state index contributed by atoms with van der Waals surface area (Å²) >= 11 is 6.25. The Hall–Kier alpha value is -1.58. The summed E-state index contributed by atoms with van der Waals surface area (Å²) in [5.74, 6) is 0.939. The fourth-order valence-corrected chi connectivity index (χ4v) is 3.09. The van der Waals surface area contributed by atoms with E-state index in [-0.39, 0.29) is 5.41 Å². The Kier molecular flexibility index (Phi) is 3.64. The van der Waals surface area contributed by atoms with Crippen LogP contribution in [0.2, 0.25) is 5.02 Å². The number of benzene rings is 1.